The van der Waals surface area contributed by atoms with Crippen LogP contribution in [-0.2, 0) is 42.8 Å². The molecule has 23 nitrogen and oxygen atoms in total. The van der Waals surface area contributed by atoms with Crippen molar-refractivity contribution in [3.05, 3.63) is 12.2 Å². The molecule has 3 rings (SSSR count). The molecule has 3 aliphatic heterocycles. The first-order valence-electron chi connectivity index (χ1n) is 32.5. The topological polar surface area (TPSA) is 373 Å². The minimum absolute atomic E-state index is 0.214. The third-order valence-electron chi connectivity index (χ3n) is 16.7. The minimum Gasteiger partial charge on any atom is -0.477 e. The van der Waals surface area contributed by atoms with Crippen LogP contribution in [0, 0.1) is 0 Å². The monoisotopic (exact) mass is 1220 g/mol. The molecule has 23 heteroatoms. The van der Waals surface area contributed by atoms with Gasteiger partial charge in [0.1, 0.15) is 67.1 Å². The van der Waals surface area contributed by atoms with Crippen LogP contribution in [0.15, 0.2) is 12.2 Å². The zero-order valence-corrected chi connectivity index (χ0v) is 51.5. The van der Waals surface area contributed by atoms with Crippen LogP contribution < -0.4 is 10.6 Å². The molecular formula is C62H114N2O21. The normalized spacial score (nSPS) is 29.6. The van der Waals surface area contributed by atoms with Crippen LogP contribution in [0.5, 0.6) is 0 Å². The van der Waals surface area contributed by atoms with Crippen molar-refractivity contribution >= 4 is 17.8 Å². The molecule has 0 saturated carbocycles. The first-order valence-corrected chi connectivity index (χ1v) is 32.5. The highest BCUT2D eigenvalue weighted by atomic mass is 16.8. The second-order valence-corrected chi connectivity index (χ2v) is 24.0. The van der Waals surface area contributed by atoms with Crippen molar-refractivity contribution in [1.29, 1.82) is 0 Å². The summed E-state index contributed by atoms with van der Waals surface area (Å²) < 4.78 is 34.8. The van der Waals surface area contributed by atoms with Crippen LogP contribution >= 0.6 is 0 Å². The Morgan fingerprint density at radius 3 is 1.61 bits per heavy atom. The molecule has 2 amide bonds. The third-order valence-corrected chi connectivity index (χ3v) is 16.7. The summed E-state index contributed by atoms with van der Waals surface area (Å²) >= 11 is 0. The van der Waals surface area contributed by atoms with E-state index in [0.717, 1.165) is 71.1 Å². The summed E-state index contributed by atoms with van der Waals surface area (Å²) in [5.41, 5.74) is 0. The molecule has 0 aliphatic carbocycles. The zero-order valence-electron chi connectivity index (χ0n) is 51.5. The molecule has 0 spiro atoms. The lowest BCUT2D eigenvalue weighted by Crippen LogP contribution is -2.70. The average Bonchev–Trinajstić information content (AvgIpc) is 1.33. The molecule has 0 aromatic rings. The number of rotatable bonds is 48. The molecule has 18 atom stereocenters. The number of aliphatic hydroxyl groups excluding tert-OH is 11. The Balaban J connectivity index is 1.62. The summed E-state index contributed by atoms with van der Waals surface area (Å²) in [4.78, 5) is 38.4. The molecule has 18 unspecified atom stereocenters. The maximum absolute atomic E-state index is 13.4. The zero-order chi connectivity index (χ0) is 62.6. The Labute approximate surface area is 505 Å². The van der Waals surface area contributed by atoms with Crippen molar-refractivity contribution in [1.82, 2.24) is 10.6 Å². The number of allylic oxidation sites excluding steroid dienone is 2. The Morgan fingerprint density at radius 1 is 0.600 bits per heavy atom. The molecule has 3 saturated heterocycles. The van der Waals surface area contributed by atoms with Gasteiger partial charge in [0.25, 0.3) is 5.79 Å². The fourth-order valence-electron chi connectivity index (χ4n) is 11.5. The van der Waals surface area contributed by atoms with Gasteiger partial charge < -0.3 is 100 Å². The number of aliphatic carboxylic acids is 1. The predicted molar refractivity (Wildman–Crippen MR) is 315 cm³/mol. The number of hydrogen-bond acceptors (Lipinski definition) is 20. The summed E-state index contributed by atoms with van der Waals surface area (Å²) in [5.74, 6) is -6.11. The van der Waals surface area contributed by atoms with Gasteiger partial charge in [-0.15, -0.1) is 0 Å². The third kappa shape index (κ3) is 27.6. The number of nitrogens with one attached hydrogen (secondary N) is 2. The Bertz CT molecular complexity index is 1790. The van der Waals surface area contributed by atoms with Crippen LogP contribution in [0.4, 0.5) is 0 Å². The van der Waals surface area contributed by atoms with Crippen molar-refractivity contribution in [2.75, 3.05) is 26.4 Å². The molecule has 14 N–H and O–H groups in total. The maximum Gasteiger partial charge on any atom is 0.364 e. The lowest BCUT2D eigenvalue weighted by molar-refractivity contribution is -0.386. The lowest BCUT2D eigenvalue weighted by Gasteiger charge is -2.50. The molecular weight excluding hydrogens is 1110 g/mol. The van der Waals surface area contributed by atoms with Gasteiger partial charge in [-0.25, -0.2) is 4.79 Å². The van der Waals surface area contributed by atoms with Gasteiger partial charge in [-0.3, -0.25) is 9.59 Å². The molecule has 3 heterocycles. The number of carboxylic acid groups (broad SMARTS) is 1. The number of carboxylic acids is 1. The van der Waals surface area contributed by atoms with Gasteiger partial charge in [0, 0.05) is 19.8 Å². The summed E-state index contributed by atoms with van der Waals surface area (Å²) in [6, 6.07) is -2.53. The van der Waals surface area contributed by atoms with E-state index in [1.807, 2.05) is 0 Å². The summed E-state index contributed by atoms with van der Waals surface area (Å²) in [5, 5.41) is 136. The van der Waals surface area contributed by atoms with Crippen molar-refractivity contribution in [2.24, 2.45) is 0 Å². The SMILES string of the molecule is CCCCC/C=C\CCCCCCCC(=O)NC(COC1OC(CO)C(OC2OC(CO)C(O)C(OC3(C(=O)O)CC(O)C(NC(C)=O)C(C(O)C(O)CO)O3)C2O)C(O)C1O)C(O)CCCCCCCCCCCCCCCCCCCCC. The van der Waals surface area contributed by atoms with Crippen molar-refractivity contribution in [3.63, 3.8) is 0 Å². The molecule has 0 radical (unpaired) electrons. The van der Waals surface area contributed by atoms with Crippen LogP contribution in [0.1, 0.15) is 226 Å². The Morgan fingerprint density at radius 2 is 1.09 bits per heavy atom. The number of carbonyl (C=O) groups excluding carboxylic acids is 2. The smallest absolute Gasteiger partial charge is 0.364 e. The Kier molecular flexibility index (Phi) is 39.7. The highest BCUT2D eigenvalue weighted by Gasteiger charge is 2.60. The van der Waals surface area contributed by atoms with Gasteiger partial charge in [0.2, 0.25) is 11.8 Å². The molecule has 3 aliphatic rings. The second-order valence-electron chi connectivity index (χ2n) is 24.0. The summed E-state index contributed by atoms with van der Waals surface area (Å²) in [6.45, 7) is 2.15. The highest BCUT2D eigenvalue weighted by Crippen LogP contribution is 2.38. The van der Waals surface area contributed by atoms with Crippen LogP contribution in [0.25, 0.3) is 0 Å². The van der Waals surface area contributed by atoms with Crippen molar-refractivity contribution < 1.29 is 104 Å². The van der Waals surface area contributed by atoms with E-state index >= 15 is 0 Å². The molecule has 0 aromatic heterocycles. The van der Waals surface area contributed by atoms with E-state index in [1.165, 1.54) is 109 Å². The summed E-state index contributed by atoms with van der Waals surface area (Å²) in [7, 11) is 0. The van der Waals surface area contributed by atoms with Gasteiger partial charge in [-0.2, -0.15) is 0 Å². The molecule has 0 aromatic carbocycles. The molecule has 3 fully saturated rings. The van der Waals surface area contributed by atoms with Crippen LogP contribution in [0.3, 0.4) is 0 Å². The van der Waals surface area contributed by atoms with Crippen LogP contribution in [-0.4, -0.2) is 215 Å². The van der Waals surface area contributed by atoms with Gasteiger partial charge in [0.05, 0.1) is 50.7 Å². The van der Waals surface area contributed by atoms with Gasteiger partial charge in [0.15, 0.2) is 12.6 Å². The first-order chi connectivity index (χ1) is 40.9. The number of hydrogen-bond donors (Lipinski definition) is 14. The van der Waals surface area contributed by atoms with Crippen LogP contribution in [0.2, 0.25) is 0 Å². The molecule has 0 bridgehead atoms. The van der Waals surface area contributed by atoms with E-state index in [1.54, 1.807) is 0 Å². The number of unbranched alkanes of at least 4 members (excludes halogenated alkanes) is 26. The fourth-order valence-corrected chi connectivity index (χ4v) is 11.5. The van der Waals surface area contributed by atoms with Crippen molar-refractivity contribution in [3.8, 4) is 0 Å². The predicted octanol–water partition coefficient (Wildman–Crippen LogP) is 4.34. The minimum atomic E-state index is -3.08. The highest BCUT2D eigenvalue weighted by molar-refractivity contribution is 5.77. The van der Waals surface area contributed by atoms with E-state index in [0.29, 0.717) is 19.3 Å². The van der Waals surface area contributed by atoms with Crippen molar-refractivity contribution in [2.45, 2.75) is 336 Å². The van der Waals surface area contributed by atoms with E-state index < -0.39 is 148 Å². The first kappa shape index (κ1) is 76.7. The van der Waals surface area contributed by atoms with Gasteiger partial charge in [-0.05, 0) is 38.5 Å². The molecule has 498 valence electrons. The average molecular weight is 1220 g/mol. The lowest BCUT2D eigenvalue weighted by atomic mass is 9.88. The largest absolute Gasteiger partial charge is 0.477 e. The van der Waals surface area contributed by atoms with E-state index in [2.05, 4.69) is 36.6 Å². The number of amides is 2. The van der Waals surface area contributed by atoms with E-state index in [9.17, 15) is 75.7 Å². The van der Waals surface area contributed by atoms with Gasteiger partial charge in [-0.1, -0.05) is 180 Å². The maximum atomic E-state index is 13.4. The fraction of sp³-hybridized carbons (Fsp3) is 0.919. The Hall–Kier alpha value is -2.53. The number of carbonyl (C=O) groups is 3. The van der Waals surface area contributed by atoms with Gasteiger partial charge >= 0.3 is 5.97 Å². The second kappa shape index (κ2) is 44.0. The number of aliphatic hydroxyl groups is 11. The van der Waals surface area contributed by atoms with E-state index in [-0.39, 0.29) is 18.9 Å². The quantitative estimate of drug-likeness (QED) is 0.0298. The standard InChI is InChI=1S/C62H114N2O21/c1-4-6-8-10-12-14-16-18-19-20-21-22-23-24-25-27-29-31-33-35-44(69)43(64-49(72)36-34-32-30-28-26-17-15-13-11-9-7-5-2)41-80-59-54(76)53(75)56(48(40-67)82-59)83-60-55(77)58(52(74)47(39-66)81-60)85-62(61(78)79)37-45(70)50(63-42(3)68)57(84-62)51(73)46(71)38-65/h13,15,43-48,50-60,65-67,69-71,73-77H,4-12,14,16-41H2,1-3H3,(H,63,68)(H,64,72)(H,78,79)/b15-13-. The van der Waals surface area contributed by atoms with E-state index in [4.69, 9.17) is 28.4 Å². The molecule has 85 heavy (non-hydrogen) atoms. The summed E-state index contributed by atoms with van der Waals surface area (Å²) in [6.07, 6.45) is 9.45. The number of ether oxygens (including phenoxy) is 6.